The van der Waals surface area contributed by atoms with Crippen molar-refractivity contribution in [3.05, 3.63) is 29.7 Å². The number of carboxylic acids is 1. The van der Waals surface area contributed by atoms with Gasteiger partial charge in [0.05, 0.1) is 5.56 Å². The highest BCUT2D eigenvalue weighted by atomic mass is 16.4. The molecule has 1 N–H and O–H groups in total. The van der Waals surface area contributed by atoms with Crippen molar-refractivity contribution in [2.24, 2.45) is 0 Å². The van der Waals surface area contributed by atoms with Gasteiger partial charge in [-0.2, -0.15) is 5.10 Å². The fourth-order valence-corrected chi connectivity index (χ4v) is 2.88. The molecule has 1 aliphatic rings. The van der Waals surface area contributed by atoms with Crippen LogP contribution in [0.2, 0.25) is 0 Å². The highest BCUT2D eigenvalue weighted by Gasteiger charge is 2.25. The molecule has 0 aromatic carbocycles. The summed E-state index contributed by atoms with van der Waals surface area (Å²) >= 11 is 0. The Kier molecular flexibility index (Phi) is 3.63. The molecule has 0 spiro atoms. The van der Waals surface area contributed by atoms with Crippen LogP contribution in [0.25, 0.3) is 5.65 Å². The fraction of sp³-hybridized carbons (Fsp3) is 0.533. The minimum absolute atomic E-state index is 0.246. The molecule has 2 aromatic heterocycles. The zero-order valence-corrected chi connectivity index (χ0v) is 12.4. The fourth-order valence-electron chi connectivity index (χ4n) is 2.88. The van der Waals surface area contributed by atoms with Gasteiger partial charge < -0.3 is 10.0 Å². The van der Waals surface area contributed by atoms with Crippen LogP contribution in [0.3, 0.4) is 0 Å². The molecule has 6 nitrogen and oxygen atoms in total. The van der Waals surface area contributed by atoms with E-state index in [2.05, 4.69) is 28.8 Å². The van der Waals surface area contributed by atoms with Gasteiger partial charge in [0.25, 0.3) is 0 Å². The van der Waals surface area contributed by atoms with Gasteiger partial charge in [-0.15, -0.1) is 0 Å². The molecule has 0 saturated carbocycles. The topological polar surface area (TPSA) is 70.7 Å². The number of aromatic nitrogens is 3. The third kappa shape index (κ3) is 2.76. The molecule has 1 saturated heterocycles. The van der Waals surface area contributed by atoms with Gasteiger partial charge >= 0.3 is 5.97 Å². The van der Waals surface area contributed by atoms with Crippen molar-refractivity contribution in [3.63, 3.8) is 0 Å². The summed E-state index contributed by atoms with van der Waals surface area (Å²) in [5.74, 6) is 0.265. The van der Waals surface area contributed by atoms with E-state index in [9.17, 15) is 4.79 Å². The van der Waals surface area contributed by atoms with Gasteiger partial charge in [-0.3, -0.25) is 0 Å². The average Bonchev–Trinajstić information content (AvgIpc) is 2.90. The molecule has 1 aliphatic heterocycles. The minimum Gasteiger partial charge on any atom is -0.478 e. The summed E-state index contributed by atoms with van der Waals surface area (Å²) in [4.78, 5) is 18.0. The molecular formula is C15H20N4O2. The van der Waals surface area contributed by atoms with Gasteiger partial charge in [0.15, 0.2) is 11.5 Å². The second-order valence-corrected chi connectivity index (χ2v) is 5.90. The summed E-state index contributed by atoms with van der Waals surface area (Å²) in [7, 11) is 0. The van der Waals surface area contributed by atoms with Crippen LogP contribution in [0, 0.1) is 0 Å². The lowest BCUT2D eigenvalue weighted by Gasteiger charge is -2.33. The van der Waals surface area contributed by atoms with E-state index >= 15 is 0 Å². The molecule has 0 amide bonds. The van der Waals surface area contributed by atoms with Gasteiger partial charge in [-0.05, 0) is 51.9 Å². The van der Waals surface area contributed by atoms with E-state index in [1.165, 1.54) is 0 Å². The van der Waals surface area contributed by atoms with E-state index in [0.29, 0.717) is 17.6 Å². The number of hydrogen-bond acceptors (Lipinski definition) is 4. The van der Waals surface area contributed by atoms with Gasteiger partial charge in [0.1, 0.15) is 0 Å². The number of aromatic carboxylic acids is 1. The Balaban J connectivity index is 1.80. The average molecular weight is 288 g/mol. The highest BCUT2D eigenvalue weighted by Crippen LogP contribution is 2.27. The number of rotatable bonds is 3. The van der Waals surface area contributed by atoms with E-state index in [1.54, 1.807) is 22.8 Å². The number of fused-ring (bicyclic) bond motifs is 1. The number of hydrogen-bond donors (Lipinski definition) is 1. The number of pyridine rings is 1. The van der Waals surface area contributed by atoms with E-state index < -0.39 is 5.97 Å². The van der Waals surface area contributed by atoms with E-state index in [-0.39, 0.29) is 5.56 Å². The van der Waals surface area contributed by atoms with Crippen LogP contribution >= 0.6 is 0 Å². The second kappa shape index (κ2) is 5.44. The van der Waals surface area contributed by atoms with Crippen molar-refractivity contribution in [1.82, 2.24) is 19.5 Å². The third-order valence-electron chi connectivity index (χ3n) is 4.23. The van der Waals surface area contributed by atoms with Crippen LogP contribution in [-0.4, -0.2) is 49.7 Å². The Bertz CT molecular complexity index is 657. The molecule has 1 fully saturated rings. The second-order valence-electron chi connectivity index (χ2n) is 5.90. The first-order valence-electron chi connectivity index (χ1n) is 7.38. The lowest BCUT2D eigenvalue weighted by molar-refractivity contribution is 0.0697. The van der Waals surface area contributed by atoms with Crippen LogP contribution in [0.1, 0.15) is 48.8 Å². The van der Waals surface area contributed by atoms with Crippen LogP contribution in [0.15, 0.2) is 18.3 Å². The summed E-state index contributed by atoms with van der Waals surface area (Å²) in [6.07, 6.45) is 3.78. The van der Waals surface area contributed by atoms with Crippen molar-refractivity contribution in [1.29, 1.82) is 0 Å². The summed E-state index contributed by atoms with van der Waals surface area (Å²) < 4.78 is 1.66. The Morgan fingerprint density at radius 3 is 2.71 bits per heavy atom. The zero-order valence-electron chi connectivity index (χ0n) is 12.4. The number of likely N-dealkylation sites (tertiary alicyclic amines) is 1. The predicted octanol–water partition coefficient (Wildman–Crippen LogP) is 2.02. The van der Waals surface area contributed by atoms with E-state index in [1.807, 2.05) is 0 Å². The SMILES string of the molecule is CC(C)N1CCC(c2nc3cc(C(=O)O)ccn3n2)CC1. The quantitative estimate of drug-likeness (QED) is 0.935. The lowest BCUT2D eigenvalue weighted by Crippen LogP contribution is -2.38. The molecule has 3 rings (SSSR count). The maximum atomic E-state index is 11.0. The first kappa shape index (κ1) is 14.0. The van der Waals surface area contributed by atoms with Crippen LogP contribution in [0.4, 0.5) is 0 Å². The Labute approximate surface area is 123 Å². The maximum absolute atomic E-state index is 11.0. The summed E-state index contributed by atoms with van der Waals surface area (Å²) in [6.45, 7) is 6.57. The zero-order chi connectivity index (χ0) is 15.0. The lowest BCUT2D eigenvalue weighted by atomic mass is 9.95. The molecule has 0 bridgehead atoms. The highest BCUT2D eigenvalue weighted by molar-refractivity contribution is 5.88. The molecule has 2 aromatic rings. The summed E-state index contributed by atoms with van der Waals surface area (Å²) in [6, 6.07) is 3.70. The number of carbonyl (C=O) groups is 1. The van der Waals surface area contributed by atoms with Crippen molar-refractivity contribution >= 4 is 11.6 Å². The smallest absolute Gasteiger partial charge is 0.335 e. The molecule has 112 valence electrons. The number of carboxylic acid groups (broad SMARTS) is 1. The molecule has 21 heavy (non-hydrogen) atoms. The first-order valence-corrected chi connectivity index (χ1v) is 7.38. The maximum Gasteiger partial charge on any atom is 0.335 e. The van der Waals surface area contributed by atoms with Gasteiger partial charge in [-0.25, -0.2) is 14.3 Å². The standard InChI is InChI=1S/C15H20N4O2/c1-10(2)18-6-3-11(4-7-18)14-16-13-9-12(15(20)21)5-8-19(13)17-14/h5,8-11H,3-4,6-7H2,1-2H3,(H,20,21). The minimum atomic E-state index is -0.938. The first-order chi connectivity index (χ1) is 10.0. The largest absolute Gasteiger partial charge is 0.478 e. The summed E-state index contributed by atoms with van der Waals surface area (Å²) in [5.41, 5.74) is 0.854. The predicted molar refractivity (Wildman–Crippen MR) is 78.6 cm³/mol. The van der Waals surface area contributed by atoms with Crippen molar-refractivity contribution in [2.75, 3.05) is 13.1 Å². The number of nitrogens with zero attached hydrogens (tertiary/aromatic N) is 4. The van der Waals surface area contributed by atoms with Crippen molar-refractivity contribution in [2.45, 2.75) is 38.6 Å². The van der Waals surface area contributed by atoms with Crippen molar-refractivity contribution < 1.29 is 9.90 Å². The van der Waals surface area contributed by atoms with Crippen molar-refractivity contribution in [3.8, 4) is 0 Å². The Hall–Kier alpha value is -1.95. The van der Waals surface area contributed by atoms with E-state index in [4.69, 9.17) is 5.11 Å². The van der Waals surface area contributed by atoms with E-state index in [0.717, 1.165) is 31.8 Å². The Morgan fingerprint density at radius 1 is 1.38 bits per heavy atom. The van der Waals surface area contributed by atoms with Gasteiger partial charge in [0, 0.05) is 18.2 Å². The molecule has 6 heteroatoms. The summed E-state index contributed by atoms with van der Waals surface area (Å²) in [5, 5.41) is 13.5. The molecule has 0 atom stereocenters. The van der Waals surface area contributed by atoms with Crippen LogP contribution in [0.5, 0.6) is 0 Å². The van der Waals surface area contributed by atoms with Gasteiger partial charge in [-0.1, -0.05) is 0 Å². The molecule has 0 radical (unpaired) electrons. The normalized spacial score (nSPS) is 17.7. The monoisotopic (exact) mass is 288 g/mol. The third-order valence-corrected chi connectivity index (χ3v) is 4.23. The molecule has 0 unspecified atom stereocenters. The molecule has 3 heterocycles. The number of piperidine rings is 1. The van der Waals surface area contributed by atoms with Crippen LogP contribution in [-0.2, 0) is 0 Å². The van der Waals surface area contributed by atoms with Crippen LogP contribution < -0.4 is 0 Å². The Morgan fingerprint density at radius 2 is 2.10 bits per heavy atom. The molecular weight excluding hydrogens is 268 g/mol. The molecule has 0 aliphatic carbocycles. The van der Waals surface area contributed by atoms with Gasteiger partial charge in [0.2, 0.25) is 0 Å².